The van der Waals surface area contributed by atoms with Crippen molar-refractivity contribution in [3.8, 4) is 0 Å². The highest BCUT2D eigenvalue weighted by atomic mass is 31.2. The first-order valence-electron chi connectivity index (χ1n) is 27.1. The topological polar surface area (TPSA) is 111 Å². The number of hydrogen-bond acceptors (Lipinski definition) is 6. The molecule has 0 aromatic rings. The summed E-state index contributed by atoms with van der Waals surface area (Å²) in [5.41, 5.74) is 0. The largest absolute Gasteiger partial charge is 0.472 e. The van der Waals surface area contributed by atoms with Crippen LogP contribution in [0.15, 0.2) is 97.2 Å². The summed E-state index contributed by atoms with van der Waals surface area (Å²) >= 11 is 0. The Hall–Kier alpha value is -3.07. The molecule has 0 rings (SSSR count). The van der Waals surface area contributed by atoms with Crippen molar-refractivity contribution in [1.82, 2.24) is 5.32 Å². The average Bonchev–Trinajstić information content (AvgIpc) is 3.29. The van der Waals surface area contributed by atoms with Crippen LogP contribution in [0.5, 0.6) is 0 Å². The highest BCUT2D eigenvalue weighted by Gasteiger charge is 2.30. The van der Waals surface area contributed by atoms with Gasteiger partial charge in [-0.15, -0.1) is 0 Å². The van der Waals surface area contributed by atoms with Crippen LogP contribution in [-0.4, -0.2) is 74.3 Å². The van der Waals surface area contributed by atoms with Crippen LogP contribution < -0.4 is 5.32 Å². The van der Waals surface area contributed by atoms with E-state index in [1.54, 1.807) is 0 Å². The first-order chi connectivity index (χ1) is 32.9. The fourth-order valence-corrected chi connectivity index (χ4v) is 7.86. The van der Waals surface area contributed by atoms with Crippen molar-refractivity contribution in [3.05, 3.63) is 97.2 Å². The number of nitrogens with one attached hydrogen (secondary N) is 1. The third-order valence-corrected chi connectivity index (χ3v) is 12.3. The molecule has 10 heteroatoms. The quantitative estimate of drug-likeness (QED) is 0.0205. The Bertz CT molecular complexity index is 1490. The van der Waals surface area contributed by atoms with Gasteiger partial charge in [0.25, 0.3) is 0 Å². The van der Waals surface area contributed by atoms with Gasteiger partial charge >= 0.3 is 13.8 Å². The summed E-state index contributed by atoms with van der Waals surface area (Å²) in [4.78, 5) is 37.5. The van der Waals surface area contributed by atoms with Crippen LogP contribution in [0.2, 0.25) is 0 Å². The molecule has 0 radical (unpaired) electrons. The van der Waals surface area contributed by atoms with Gasteiger partial charge < -0.3 is 19.4 Å². The number of ether oxygens (including phenoxy) is 1. The number of hydrogen-bond donors (Lipinski definition) is 2. The molecule has 390 valence electrons. The van der Waals surface area contributed by atoms with E-state index < -0.39 is 20.0 Å². The predicted molar refractivity (Wildman–Crippen MR) is 290 cm³/mol. The predicted octanol–water partition coefficient (Wildman–Crippen LogP) is 16.0. The summed E-state index contributed by atoms with van der Waals surface area (Å²) in [6.45, 7) is 6.71. The van der Waals surface area contributed by atoms with Gasteiger partial charge in [0.15, 0.2) is 0 Å². The van der Waals surface area contributed by atoms with E-state index in [0.717, 1.165) is 109 Å². The molecule has 0 saturated carbocycles. The number of allylic oxidation sites excluding steroid dienone is 15. The molecule has 3 atom stereocenters. The third kappa shape index (κ3) is 48.0. The lowest BCUT2D eigenvalue weighted by atomic mass is 10.1. The minimum absolute atomic E-state index is 0.0250. The number of amides is 1. The number of unbranched alkanes of at least 4 members (excludes halogenated alkanes) is 17. The van der Waals surface area contributed by atoms with E-state index in [1.165, 1.54) is 51.4 Å². The number of phosphoric acid groups is 1. The number of rotatable bonds is 47. The van der Waals surface area contributed by atoms with Crippen molar-refractivity contribution in [1.29, 1.82) is 0 Å². The summed E-state index contributed by atoms with van der Waals surface area (Å²) in [6.07, 6.45) is 62.6. The third-order valence-electron chi connectivity index (χ3n) is 11.3. The second-order valence-corrected chi connectivity index (χ2v) is 20.4. The fourth-order valence-electron chi connectivity index (χ4n) is 7.12. The van der Waals surface area contributed by atoms with Gasteiger partial charge in [0.05, 0.1) is 33.8 Å². The van der Waals surface area contributed by atoms with Crippen LogP contribution in [0.1, 0.15) is 207 Å². The SMILES string of the molecule is CC/C=C/C/C=C/C/C=C/C/C=C/CCCCCC(=O)NC(COP(=O)(O)OCC[N+](C)(C)C)C(/C=C/CCCCCCCCCCCC)OC(=O)CCCCCC/C=C/C/C=C/C/C=C/CC. The molecule has 0 aromatic heterocycles. The van der Waals surface area contributed by atoms with E-state index >= 15 is 0 Å². The molecule has 9 nitrogen and oxygen atoms in total. The van der Waals surface area contributed by atoms with Gasteiger partial charge in [-0.1, -0.05) is 189 Å². The number of phosphoric ester groups is 1. The van der Waals surface area contributed by atoms with E-state index in [1.807, 2.05) is 33.3 Å². The molecule has 0 aliphatic carbocycles. The maximum absolute atomic E-state index is 13.5. The van der Waals surface area contributed by atoms with Crippen LogP contribution in [0.4, 0.5) is 0 Å². The van der Waals surface area contributed by atoms with Gasteiger partial charge in [0, 0.05) is 12.8 Å². The minimum atomic E-state index is -4.46. The maximum atomic E-state index is 13.5. The molecule has 1 amide bonds. The van der Waals surface area contributed by atoms with Crippen molar-refractivity contribution in [3.63, 3.8) is 0 Å². The molecule has 0 aromatic carbocycles. The lowest BCUT2D eigenvalue weighted by Crippen LogP contribution is -2.47. The molecule has 0 aliphatic heterocycles. The molecule has 0 aliphatic rings. The normalized spacial score (nSPS) is 14.6. The smallest absolute Gasteiger partial charge is 0.456 e. The monoisotopic (exact) mass is 970 g/mol. The van der Waals surface area contributed by atoms with Crippen LogP contribution in [0, 0.1) is 0 Å². The molecular formula is C58H102N2O7P+. The van der Waals surface area contributed by atoms with E-state index in [-0.39, 0.29) is 37.9 Å². The summed E-state index contributed by atoms with van der Waals surface area (Å²) < 4.78 is 30.5. The van der Waals surface area contributed by atoms with E-state index in [0.29, 0.717) is 23.9 Å². The molecule has 0 spiro atoms. The Morgan fingerprint density at radius 3 is 1.43 bits per heavy atom. The molecule has 68 heavy (non-hydrogen) atoms. The van der Waals surface area contributed by atoms with Crippen molar-refractivity contribution in [2.75, 3.05) is 40.9 Å². The standard InChI is InChI=1S/C58H101N2O7P/c1-7-10-13-16-19-22-25-28-30-31-32-35-38-41-44-47-50-57(61)59-55(54-66-68(63,64)65-53-52-60(4,5)6)56(49-46-43-40-37-34-27-24-21-18-15-12-9-3)67-58(62)51-48-45-42-39-36-33-29-26-23-20-17-14-11-8-2/h10-11,13-14,19-20,22-23,28-30,32-33,35,46,49,55-56H,7-9,12,15-18,21,24-27,31,34,36-45,47-48,50-54H2,1-6H3,(H-,59,61,63,64)/p+1/b13-10+,14-11+,22-19+,23-20+,30-28+,33-29+,35-32+,49-46+. The van der Waals surface area contributed by atoms with Gasteiger partial charge in [-0.25, -0.2) is 4.57 Å². The van der Waals surface area contributed by atoms with Crippen LogP contribution >= 0.6 is 7.82 Å². The van der Waals surface area contributed by atoms with E-state index in [2.05, 4.69) is 111 Å². The lowest BCUT2D eigenvalue weighted by Gasteiger charge is -2.27. The fraction of sp³-hybridized carbons (Fsp3) is 0.690. The Morgan fingerprint density at radius 2 is 0.941 bits per heavy atom. The molecule has 2 N–H and O–H groups in total. The Balaban J connectivity index is 5.50. The van der Waals surface area contributed by atoms with Crippen molar-refractivity contribution < 1.29 is 37.3 Å². The van der Waals surface area contributed by atoms with Crippen molar-refractivity contribution >= 4 is 19.7 Å². The number of carbonyl (C=O) groups excluding carboxylic acids is 2. The molecule has 0 bridgehead atoms. The number of likely N-dealkylation sites (N-methyl/N-ethyl adjacent to an activating group) is 1. The van der Waals surface area contributed by atoms with Crippen LogP contribution in [-0.2, 0) is 27.9 Å². The molecule has 3 unspecified atom stereocenters. The Morgan fingerprint density at radius 1 is 0.529 bits per heavy atom. The van der Waals surface area contributed by atoms with Gasteiger partial charge in [0.2, 0.25) is 5.91 Å². The van der Waals surface area contributed by atoms with Gasteiger partial charge in [-0.05, 0) is 102 Å². The molecular weight excluding hydrogens is 868 g/mol. The highest BCUT2D eigenvalue weighted by Crippen LogP contribution is 2.43. The molecule has 0 heterocycles. The Kier molecular flexibility index (Phi) is 45.5. The summed E-state index contributed by atoms with van der Waals surface area (Å²) in [5.74, 6) is -0.577. The van der Waals surface area contributed by atoms with Crippen molar-refractivity contribution in [2.24, 2.45) is 0 Å². The second-order valence-electron chi connectivity index (χ2n) is 19.0. The van der Waals surface area contributed by atoms with E-state index in [9.17, 15) is 19.0 Å². The van der Waals surface area contributed by atoms with Crippen LogP contribution in [0.25, 0.3) is 0 Å². The van der Waals surface area contributed by atoms with Gasteiger partial charge in [-0.3, -0.25) is 18.6 Å². The van der Waals surface area contributed by atoms with E-state index in [4.69, 9.17) is 13.8 Å². The summed E-state index contributed by atoms with van der Waals surface area (Å²) in [5, 5.41) is 3.01. The molecule has 0 saturated heterocycles. The zero-order chi connectivity index (χ0) is 50.1. The summed E-state index contributed by atoms with van der Waals surface area (Å²) in [7, 11) is 1.44. The average molecular weight is 970 g/mol. The highest BCUT2D eigenvalue weighted by molar-refractivity contribution is 7.47. The second kappa shape index (κ2) is 47.6. The number of quaternary nitrogens is 1. The number of nitrogens with zero attached hydrogens (tertiary/aromatic N) is 1. The zero-order valence-corrected chi connectivity index (χ0v) is 45.2. The summed E-state index contributed by atoms with van der Waals surface area (Å²) in [6, 6.07) is -0.878. The van der Waals surface area contributed by atoms with Gasteiger partial charge in [-0.2, -0.15) is 0 Å². The number of esters is 1. The Labute approximate surface area is 418 Å². The minimum Gasteiger partial charge on any atom is -0.456 e. The zero-order valence-electron chi connectivity index (χ0n) is 44.3. The van der Waals surface area contributed by atoms with Gasteiger partial charge in [0.1, 0.15) is 19.3 Å². The first-order valence-corrected chi connectivity index (χ1v) is 28.6. The number of carbonyl (C=O) groups is 2. The lowest BCUT2D eigenvalue weighted by molar-refractivity contribution is -0.870. The maximum Gasteiger partial charge on any atom is 0.472 e. The van der Waals surface area contributed by atoms with Crippen molar-refractivity contribution in [2.45, 2.75) is 219 Å². The first kappa shape index (κ1) is 64.9. The molecule has 0 fully saturated rings. The van der Waals surface area contributed by atoms with Crippen LogP contribution in [0.3, 0.4) is 0 Å².